The van der Waals surface area contributed by atoms with Crippen LogP contribution in [0.5, 0.6) is 0 Å². The summed E-state index contributed by atoms with van der Waals surface area (Å²) in [7, 11) is 0. The molecule has 1 aromatic heterocycles. The number of imide groups is 1. The van der Waals surface area contributed by atoms with E-state index >= 15 is 0 Å². The first-order valence-corrected chi connectivity index (χ1v) is 9.51. The van der Waals surface area contributed by atoms with Crippen molar-refractivity contribution in [3.63, 3.8) is 0 Å². The molecule has 0 spiro atoms. The molecule has 5 atom stereocenters. The van der Waals surface area contributed by atoms with Crippen LogP contribution in [0, 0.1) is 23.7 Å². The monoisotopic (exact) mass is 360 g/mol. The van der Waals surface area contributed by atoms with Gasteiger partial charge in [-0.3, -0.25) is 24.6 Å². The third-order valence-corrected chi connectivity index (χ3v) is 6.33. The summed E-state index contributed by atoms with van der Waals surface area (Å²) in [5, 5.41) is 11.9. The van der Waals surface area contributed by atoms with Gasteiger partial charge in [-0.2, -0.15) is 0 Å². The molecule has 4 rings (SSSR count). The lowest BCUT2D eigenvalue weighted by atomic mass is 9.85. The van der Waals surface area contributed by atoms with Gasteiger partial charge in [0.2, 0.25) is 22.9 Å². The Hall–Kier alpha value is -2.09. The molecule has 2 bridgehead atoms. The number of allylic oxidation sites excluding steroid dienone is 2. The first-order chi connectivity index (χ1) is 12.0. The zero-order chi connectivity index (χ0) is 17.7. The molecule has 1 saturated carbocycles. The number of hydrogen-bond donors (Lipinski definition) is 1. The van der Waals surface area contributed by atoms with E-state index in [1.807, 2.05) is 19.1 Å². The highest BCUT2D eigenvalue weighted by atomic mass is 32.1. The first kappa shape index (κ1) is 16.4. The van der Waals surface area contributed by atoms with Gasteiger partial charge in [-0.05, 0) is 31.6 Å². The van der Waals surface area contributed by atoms with Crippen molar-refractivity contribution >= 4 is 34.2 Å². The highest BCUT2D eigenvalue weighted by molar-refractivity contribution is 7.15. The largest absolute Gasteiger partial charge is 0.299 e. The van der Waals surface area contributed by atoms with Gasteiger partial charge in [-0.15, -0.1) is 10.2 Å². The van der Waals surface area contributed by atoms with Gasteiger partial charge >= 0.3 is 0 Å². The molecule has 1 aliphatic heterocycles. The smallest absolute Gasteiger partial charge is 0.249 e. The maximum absolute atomic E-state index is 12.7. The topological polar surface area (TPSA) is 92.3 Å². The van der Waals surface area contributed by atoms with Gasteiger partial charge in [-0.25, -0.2) is 0 Å². The number of anilines is 1. The Morgan fingerprint density at radius 1 is 1.28 bits per heavy atom. The highest BCUT2D eigenvalue weighted by Gasteiger charge is 2.60. The Morgan fingerprint density at radius 3 is 2.52 bits per heavy atom. The second kappa shape index (κ2) is 6.01. The highest BCUT2D eigenvalue weighted by Crippen LogP contribution is 2.52. The van der Waals surface area contributed by atoms with Crippen LogP contribution in [0.2, 0.25) is 0 Å². The molecule has 1 aromatic rings. The SMILES string of the molecule is CCCc1nnc(NC(=O)[C@H](C)N2C(=O)[C@H]3[C@H](C2=O)[C@H]2C=C[C@H]3C2)s1. The number of carbonyl (C=O) groups is 3. The van der Waals surface area contributed by atoms with E-state index in [4.69, 9.17) is 0 Å². The van der Waals surface area contributed by atoms with E-state index in [-0.39, 0.29) is 35.5 Å². The van der Waals surface area contributed by atoms with Crippen LogP contribution in [0.3, 0.4) is 0 Å². The maximum Gasteiger partial charge on any atom is 0.249 e. The number of amides is 3. The summed E-state index contributed by atoms with van der Waals surface area (Å²) in [6.45, 7) is 3.64. The summed E-state index contributed by atoms with van der Waals surface area (Å²) < 4.78 is 0. The number of hydrogen-bond acceptors (Lipinski definition) is 6. The third kappa shape index (κ3) is 2.50. The number of nitrogens with zero attached hydrogens (tertiary/aromatic N) is 3. The van der Waals surface area contributed by atoms with Gasteiger partial charge in [0.05, 0.1) is 11.8 Å². The lowest BCUT2D eigenvalue weighted by molar-refractivity contribution is -0.146. The van der Waals surface area contributed by atoms with Crippen molar-refractivity contribution in [2.24, 2.45) is 23.7 Å². The molecule has 2 fully saturated rings. The van der Waals surface area contributed by atoms with Gasteiger partial charge in [0, 0.05) is 6.42 Å². The van der Waals surface area contributed by atoms with E-state index in [1.165, 1.54) is 11.3 Å². The molecule has 3 amide bonds. The minimum atomic E-state index is -0.844. The second-order valence-electron chi connectivity index (χ2n) is 6.96. The van der Waals surface area contributed by atoms with Gasteiger partial charge in [0.15, 0.2) is 0 Å². The van der Waals surface area contributed by atoms with Gasteiger partial charge < -0.3 is 0 Å². The zero-order valence-corrected chi connectivity index (χ0v) is 15.0. The predicted octanol–water partition coefficient (Wildman–Crippen LogP) is 1.62. The number of likely N-dealkylation sites (tertiary alicyclic amines) is 1. The van der Waals surface area contributed by atoms with Crippen molar-refractivity contribution in [3.05, 3.63) is 17.2 Å². The normalized spacial score (nSPS) is 30.9. The Bertz CT molecular complexity index is 744. The molecule has 2 heterocycles. The lowest BCUT2D eigenvalue weighted by Gasteiger charge is -2.23. The van der Waals surface area contributed by atoms with Crippen molar-refractivity contribution in [1.29, 1.82) is 0 Å². The minimum absolute atomic E-state index is 0.145. The number of nitrogens with one attached hydrogen (secondary N) is 1. The molecular weight excluding hydrogens is 340 g/mol. The fraction of sp³-hybridized carbons (Fsp3) is 0.588. The van der Waals surface area contributed by atoms with Crippen LogP contribution in [0.1, 0.15) is 31.7 Å². The number of carbonyl (C=O) groups excluding carboxylic acids is 3. The summed E-state index contributed by atoms with van der Waals surface area (Å²) in [6, 6.07) is -0.844. The number of fused-ring (bicyclic) bond motifs is 5. The van der Waals surface area contributed by atoms with E-state index in [0.29, 0.717) is 5.13 Å². The average molecular weight is 360 g/mol. The van der Waals surface area contributed by atoms with Crippen molar-refractivity contribution in [3.8, 4) is 0 Å². The molecule has 7 nitrogen and oxygen atoms in total. The molecule has 132 valence electrons. The number of aromatic nitrogens is 2. The quantitative estimate of drug-likeness (QED) is 0.636. The number of aryl methyl sites for hydroxylation is 1. The van der Waals surface area contributed by atoms with Crippen molar-refractivity contribution < 1.29 is 14.4 Å². The summed E-state index contributed by atoms with van der Waals surface area (Å²) in [6.07, 6.45) is 6.73. The number of rotatable bonds is 5. The third-order valence-electron chi connectivity index (χ3n) is 5.43. The first-order valence-electron chi connectivity index (χ1n) is 8.69. The van der Waals surface area contributed by atoms with Crippen LogP contribution in [-0.2, 0) is 20.8 Å². The maximum atomic E-state index is 12.7. The molecule has 0 aromatic carbocycles. The molecule has 1 N–H and O–H groups in total. The molecule has 2 aliphatic carbocycles. The Balaban J connectivity index is 1.47. The van der Waals surface area contributed by atoms with Crippen LogP contribution in [-0.4, -0.2) is 38.9 Å². The average Bonchev–Trinajstić information content (AvgIpc) is 3.33. The fourth-order valence-electron chi connectivity index (χ4n) is 4.25. The van der Waals surface area contributed by atoms with E-state index in [2.05, 4.69) is 15.5 Å². The molecule has 3 aliphatic rings. The zero-order valence-electron chi connectivity index (χ0n) is 14.1. The van der Waals surface area contributed by atoms with E-state index in [9.17, 15) is 14.4 Å². The van der Waals surface area contributed by atoms with Crippen molar-refractivity contribution in [2.45, 2.75) is 39.2 Å². The van der Waals surface area contributed by atoms with Crippen LogP contribution in [0.4, 0.5) is 5.13 Å². The van der Waals surface area contributed by atoms with Gasteiger partial charge in [0.1, 0.15) is 11.0 Å². The van der Waals surface area contributed by atoms with E-state index in [0.717, 1.165) is 29.2 Å². The van der Waals surface area contributed by atoms with Gasteiger partial charge in [0.25, 0.3) is 0 Å². The van der Waals surface area contributed by atoms with Crippen molar-refractivity contribution in [1.82, 2.24) is 15.1 Å². The molecule has 1 saturated heterocycles. The molecule has 0 unspecified atom stereocenters. The molecule has 0 radical (unpaired) electrons. The van der Waals surface area contributed by atoms with E-state index < -0.39 is 11.9 Å². The molecular formula is C17H20N4O3S. The molecule has 25 heavy (non-hydrogen) atoms. The Morgan fingerprint density at radius 2 is 1.92 bits per heavy atom. The van der Waals surface area contributed by atoms with Crippen LogP contribution >= 0.6 is 11.3 Å². The second-order valence-corrected chi connectivity index (χ2v) is 8.02. The predicted molar refractivity (Wildman–Crippen MR) is 91.6 cm³/mol. The minimum Gasteiger partial charge on any atom is -0.299 e. The Labute approximate surface area is 149 Å². The standard InChI is InChI=1S/C17H20N4O3S/c1-3-4-11-19-20-17(25-11)18-14(22)8(2)21-15(23)12-9-5-6-10(7-9)13(12)16(21)24/h5-6,8-10,12-13H,3-4,7H2,1-2H3,(H,18,20,22)/t8-,9-,10-,12+,13+/m0/s1. The van der Waals surface area contributed by atoms with Crippen LogP contribution in [0.15, 0.2) is 12.2 Å². The van der Waals surface area contributed by atoms with Crippen LogP contribution in [0.25, 0.3) is 0 Å². The lowest BCUT2D eigenvalue weighted by Crippen LogP contribution is -2.46. The summed E-state index contributed by atoms with van der Waals surface area (Å²) in [4.78, 5) is 39.2. The summed E-state index contributed by atoms with van der Waals surface area (Å²) in [5.41, 5.74) is 0. The summed E-state index contributed by atoms with van der Waals surface area (Å²) >= 11 is 1.32. The summed E-state index contributed by atoms with van der Waals surface area (Å²) in [5.74, 6) is -1.10. The van der Waals surface area contributed by atoms with E-state index in [1.54, 1.807) is 6.92 Å². The Kier molecular flexibility index (Phi) is 3.94. The molecule has 8 heteroatoms. The van der Waals surface area contributed by atoms with Crippen molar-refractivity contribution in [2.75, 3.05) is 5.32 Å². The fourth-order valence-corrected chi connectivity index (χ4v) is 5.10. The van der Waals surface area contributed by atoms with Gasteiger partial charge in [-0.1, -0.05) is 30.4 Å². The van der Waals surface area contributed by atoms with Crippen LogP contribution < -0.4 is 5.32 Å².